The first kappa shape index (κ1) is 15.7. The van der Waals surface area contributed by atoms with E-state index in [1.807, 2.05) is 0 Å². The molecule has 0 saturated carbocycles. The molecule has 0 aromatic heterocycles. The molecule has 0 aliphatic carbocycles. The molecule has 0 bridgehead atoms. The fourth-order valence-corrected chi connectivity index (χ4v) is 2.33. The lowest BCUT2D eigenvalue weighted by Crippen LogP contribution is -2.38. The Labute approximate surface area is 107 Å². The summed E-state index contributed by atoms with van der Waals surface area (Å²) in [6, 6.07) is 0.298. The van der Waals surface area contributed by atoms with Crippen LogP contribution in [0.1, 0.15) is 19.8 Å². The third kappa shape index (κ3) is 6.02. The highest BCUT2D eigenvalue weighted by atomic mass is 19.4. The molecule has 0 radical (unpaired) electrons. The highest BCUT2D eigenvalue weighted by Crippen LogP contribution is 2.22. The zero-order valence-electron chi connectivity index (χ0n) is 11.1. The van der Waals surface area contributed by atoms with Crippen LogP contribution in [0.25, 0.3) is 0 Å². The van der Waals surface area contributed by atoms with Gasteiger partial charge in [-0.1, -0.05) is 6.92 Å². The Morgan fingerprint density at radius 2 is 2.17 bits per heavy atom. The summed E-state index contributed by atoms with van der Waals surface area (Å²) in [5.74, 6) is 0.318. The van der Waals surface area contributed by atoms with Gasteiger partial charge in [-0.3, -0.25) is 4.90 Å². The second kappa shape index (κ2) is 7.31. The maximum atomic E-state index is 12.2. The van der Waals surface area contributed by atoms with Crippen molar-refractivity contribution in [2.75, 3.05) is 39.9 Å². The summed E-state index contributed by atoms with van der Waals surface area (Å²) in [5, 5.41) is 3.36. The molecule has 1 aliphatic rings. The van der Waals surface area contributed by atoms with Gasteiger partial charge in [0.1, 0.15) is 0 Å². The number of halogens is 3. The van der Waals surface area contributed by atoms with Gasteiger partial charge >= 0.3 is 6.18 Å². The zero-order chi connectivity index (χ0) is 13.6. The Bertz CT molecular complexity index is 236. The molecule has 1 heterocycles. The molecule has 1 fully saturated rings. The van der Waals surface area contributed by atoms with Crippen LogP contribution in [0.4, 0.5) is 13.2 Å². The van der Waals surface area contributed by atoms with Crippen LogP contribution in [0.15, 0.2) is 0 Å². The first-order valence-corrected chi connectivity index (χ1v) is 6.46. The fourth-order valence-electron chi connectivity index (χ4n) is 2.33. The van der Waals surface area contributed by atoms with Gasteiger partial charge in [0.05, 0.1) is 13.2 Å². The molecule has 0 aromatic carbocycles. The summed E-state index contributed by atoms with van der Waals surface area (Å²) >= 11 is 0. The minimum atomic E-state index is -4.08. The van der Waals surface area contributed by atoms with E-state index in [1.165, 1.54) is 4.90 Å². The Hall–Kier alpha value is -0.330. The number of nitrogens with zero attached hydrogens (tertiary/aromatic N) is 1. The van der Waals surface area contributed by atoms with Crippen LogP contribution < -0.4 is 5.32 Å². The first-order chi connectivity index (χ1) is 8.44. The first-order valence-electron chi connectivity index (χ1n) is 6.46. The van der Waals surface area contributed by atoms with E-state index in [0.717, 1.165) is 19.4 Å². The van der Waals surface area contributed by atoms with Gasteiger partial charge in [-0.25, -0.2) is 0 Å². The maximum absolute atomic E-state index is 12.2. The van der Waals surface area contributed by atoms with Crippen LogP contribution in [0.3, 0.4) is 0 Å². The van der Waals surface area contributed by atoms with Crippen molar-refractivity contribution >= 4 is 0 Å². The molecule has 2 atom stereocenters. The van der Waals surface area contributed by atoms with E-state index < -0.39 is 12.7 Å². The van der Waals surface area contributed by atoms with E-state index in [-0.39, 0.29) is 0 Å². The van der Waals surface area contributed by atoms with E-state index in [1.54, 1.807) is 7.11 Å². The number of methoxy groups -OCH3 is 1. The molecule has 108 valence electrons. The van der Waals surface area contributed by atoms with Gasteiger partial charge in [0.15, 0.2) is 0 Å². The molecule has 1 N–H and O–H groups in total. The minimum Gasteiger partial charge on any atom is -0.383 e. The number of nitrogens with one attached hydrogen (secondary N) is 1. The summed E-state index contributed by atoms with van der Waals surface area (Å²) in [4.78, 5) is 1.49. The minimum absolute atomic E-state index is 0.298. The van der Waals surface area contributed by atoms with E-state index >= 15 is 0 Å². The predicted molar refractivity (Wildman–Crippen MR) is 64.6 cm³/mol. The van der Waals surface area contributed by atoms with E-state index in [2.05, 4.69) is 12.2 Å². The summed E-state index contributed by atoms with van der Waals surface area (Å²) < 4.78 is 41.8. The van der Waals surface area contributed by atoms with Crippen LogP contribution in [-0.2, 0) is 4.74 Å². The van der Waals surface area contributed by atoms with Crippen molar-refractivity contribution in [3.8, 4) is 0 Å². The van der Waals surface area contributed by atoms with Crippen LogP contribution in [-0.4, -0.2) is 57.0 Å². The normalized spacial score (nSPS) is 23.5. The number of ether oxygens (including phenoxy) is 1. The zero-order valence-corrected chi connectivity index (χ0v) is 11.1. The van der Waals surface area contributed by atoms with E-state index in [4.69, 9.17) is 4.74 Å². The van der Waals surface area contributed by atoms with Crippen LogP contribution in [0, 0.1) is 5.92 Å². The van der Waals surface area contributed by atoms with Gasteiger partial charge in [0.2, 0.25) is 0 Å². The standard InChI is InChI=1S/C12H23F3N2O/c1-3-11(8-18-2)16-6-10-4-5-17(7-10)9-12(13,14)15/h10-11,16H,3-9H2,1-2H3. The maximum Gasteiger partial charge on any atom is 0.401 e. The highest BCUT2D eigenvalue weighted by molar-refractivity contribution is 4.80. The molecular weight excluding hydrogens is 245 g/mol. The number of likely N-dealkylation sites (tertiary alicyclic amines) is 1. The highest BCUT2D eigenvalue weighted by Gasteiger charge is 2.34. The Balaban J connectivity index is 2.22. The Kier molecular flexibility index (Phi) is 6.38. The van der Waals surface area contributed by atoms with Crippen LogP contribution >= 0.6 is 0 Å². The quantitative estimate of drug-likeness (QED) is 0.763. The number of hydrogen-bond acceptors (Lipinski definition) is 3. The van der Waals surface area contributed by atoms with Gasteiger partial charge in [-0.15, -0.1) is 0 Å². The average Bonchev–Trinajstić information content (AvgIpc) is 2.69. The SMILES string of the molecule is CCC(COC)NCC1CCN(CC(F)(F)F)C1. The lowest BCUT2D eigenvalue weighted by molar-refractivity contribution is -0.143. The molecular formula is C12H23F3N2O. The molecule has 3 nitrogen and oxygen atoms in total. The van der Waals surface area contributed by atoms with Crippen molar-refractivity contribution in [1.82, 2.24) is 10.2 Å². The molecule has 18 heavy (non-hydrogen) atoms. The van der Waals surface area contributed by atoms with Crippen molar-refractivity contribution in [1.29, 1.82) is 0 Å². The molecule has 2 unspecified atom stereocenters. The summed E-state index contributed by atoms with van der Waals surface area (Å²) in [6.45, 7) is 3.80. The fraction of sp³-hybridized carbons (Fsp3) is 1.00. The van der Waals surface area contributed by atoms with Crippen molar-refractivity contribution in [2.45, 2.75) is 32.0 Å². The summed E-state index contributed by atoms with van der Waals surface area (Å²) in [6.07, 6.45) is -2.27. The molecule has 6 heteroatoms. The van der Waals surface area contributed by atoms with Crippen LogP contribution in [0.5, 0.6) is 0 Å². The Morgan fingerprint density at radius 3 is 2.72 bits per heavy atom. The van der Waals surface area contributed by atoms with Crippen molar-refractivity contribution in [2.24, 2.45) is 5.92 Å². The molecule has 0 amide bonds. The Morgan fingerprint density at radius 1 is 1.44 bits per heavy atom. The monoisotopic (exact) mass is 268 g/mol. The lowest BCUT2D eigenvalue weighted by Gasteiger charge is -2.20. The smallest absolute Gasteiger partial charge is 0.383 e. The molecule has 0 aromatic rings. The lowest BCUT2D eigenvalue weighted by atomic mass is 10.1. The number of rotatable bonds is 7. The third-order valence-electron chi connectivity index (χ3n) is 3.33. The van der Waals surface area contributed by atoms with Crippen molar-refractivity contribution in [3.05, 3.63) is 0 Å². The molecule has 0 spiro atoms. The van der Waals surface area contributed by atoms with E-state index in [9.17, 15) is 13.2 Å². The second-order valence-corrected chi connectivity index (χ2v) is 4.97. The van der Waals surface area contributed by atoms with E-state index in [0.29, 0.717) is 31.7 Å². The van der Waals surface area contributed by atoms with Gasteiger partial charge < -0.3 is 10.1 Å². The molecule has 1 rings (SSSR count). The number of alkyl halides is 3. The second-order valence-electron chi connectivity index (χ2n) is 4.97. The summed E-state index contributed by atoms with van der Waals surface area (Å²) in [7, 11) is 1.66. The predicted octanol–water partition coefficient (Wildman–Crippen LogP) is 1.89. The largest absolute Gasteiger partial charge is 0.401 e. The van der Waals surface area contributed by atoms with Gasteiger partial charge in [0.25, 0.3) is 0 Å². The average molecular weight is 268 g/mol. The van der Waals surface area contributed by atoms with Crippen LogP contribution in [0.2, 0.25) is 0 Å². The van der Waals surface area contributed by atoms with Crippen molar-refractivity contribution in [3.63, 3.8) is 0 Å². The van der Waals surface area contributed by atoms with Crippen molar-refractivity contribution < 1.29 is 17.9 Å². The molecule has 1 aliphatic heterocycles. The van der Waals surface area contributed by atoms with Gasteiger partial charge in [-0.2, -0.15) is 13.2 Å². The third-order valence-corrected chi connectivity index (χ3v) is 3.33. The van der Waals surface area contributed by atoms with Gasteiger partial charge in [-0.05, 0) is 31.8 Å². The van der Waals surface area contributed by atoms with Gasteiger partial charge in [0, 0.05) is 19.7 Å². The topological polar surface area (TPSA) is 24.5 Å². The summed E-state index contributed by atoms with van der Waals surface area (Å²) in [5.41, 5.74) is 0. The number of hydrogen-bond donors (Lipinski definition) is 1. The molecule has 1 saturated heterocycles.